The smallest absolute Gasteiger partial charge is 0.370 e. The number of rotatable bonds is 4. The molecule has 0 amide bonds. The lowest BCUT2D eigenvalue weighted by molar-refractivity contribution is -0.131. The van der Waals surface area contributed by atoms with Gasteiger partial charge in [0.15, 0.2) is 6.16 Å². The zero-order valence-electron chi connectivity index (χ0n) is 5.23. The van der Waals surface area contributed by atoms with Crippen LogP contribution in [-0.4, -0.2) is 28.7 Å². The van der Waals surface area contributed by atoms with Crippen molar-refractivity contribution >= 4 is 13.8 Å². The highest BCUT2D eigenvalue weighted by molar-refractivity contribution is 7.44. The number of aliphatic hydroxyl groups is 1. The molecular weight excluding hydrogens is 155 g/mol. The molecule has 0 bridgehead atoms. The molecule has 1 atom stereocenters. The fourth-order valence-electron chi connectivity index (χ4n) is 0.329. The molecule has 0 aromatic heterocycles. The van der Waals surface area contributed by atoms with Crippen molar-refractivity contribution in [3.8, 4) is 0 Å². The quantitative estimate of drug-likeness (QED) is 0.464. The molecule has 0 aliphatic rings. The summed E-state index contributed by atoms with van der Waals surface area (Å²) in [5.41, 5.74) is 0. The van der Waals surface area contributed by atoms with Crippen LogP contribution in [0, 0.1) is 0 Å². The van der Waals surface area contributed by atoms with Crippen molar-refractivity contribution in [2.24, 2.45) is 0 Å². The summed E-state index contributed by atoms with van der Waals surface area (Å²) in [7, 11) is -1.65. The van der Waals surface area contributed by atoms with Crippen molar-refractivity contribution in [3.63, 3.8) is 0 Å². The Bertz CT molecular complexity index is 163. The van der Waals surface area contributed by atoms with E-state index in [2.05, 4.69) is 0 Å². The second kappa shape index (κ2) is 5.09. The summed E-state index contributed by atoms with van der Waals surface area (Å²) in [4.78, 5) is 9.82. The molecule has 0 aliphatic carbocycles. The van der Waals surface area contributed by atoms with Crippen molar-refractivity contribution in [2.75, 3.05) is 12.5 Å². The summed E-state index contributed by atoms with van der Waals surface area (Å²) >= 11 is 0. The number of aliphatic carboxylic acids is 1. The van der Waals surface area contributed by atoms with Crippen LogP contribution in [0.25, 0.3) is 0 Å². The Morgan fingerprint density at radius 3 is 2.60 bits per heavy atom. The van der Waals surface area contributed by atoms with E-state index >= 15 is 0 Å². The monoisotopic (exact) mass is 163 g/mol. The summed E-state index contributed by atoms with van der Waals surface area (Å²) in [6.07, 6.45) is 1.90. The number of carbonyl (C=O) groups is 1. The van der Waals surface area contributed by atoms with Gasteiger partial charge >= 0.3 is 13.8 Å². The first-order chi connectivity index (χ1) is 4.66. The molecule has 0 radical (unpaired) electrons. The van der Waals surface area contributed by atoms with Crippen molar-refractivity contribution in [3.05, 3.63) is 12.2 Å². The molecule has 0 saturated carbocycles. The molecule has 0 aliphatic heterocycles. The molecule has 5 heteroatoms. The first-order valence-electron chi connectivity index (χ1n) is 2.59. The number of aliphatic hydroxyl groups excluding tert-OH is 1. The second-order valence-electron chi connectivity index (χ2n) is 1.55. The fourth-order valence-corrected chi connectivity index (χ4v) is 0.785. The first kappa shape index (κ1) is 9.27. The molecule has 10 heavy (non-hydrogen) atoms. The van der Waals surface area contributed by atoms with E-state index in [1.54, 1.807) is 0 Å². The van der Waals surface area contributed by atoms with Crippen LogP contribution in [0.15, 0.2) is 12.2 Å². The van der Waals surface area contributed by atoms with Gasteiger partial charge in [-0.1, -0.05) is 4.57 Å². The molecule has 0 rings (SSSR count). The summed E-state index contributed by atoms with van der Waals surface area (Å²) in [5.74, 6) is -1.07. The highest BCUT2D eigenvalue weighted by atomic mass is 31.1. The Labute approximate surface area is 59.0 Å². The van der Waals surface area contributed by atoms with Gasteiger partial charge < -0.3 is 10.2 Å². The van der Waals surface area contributed by atoms with E-state index < -0.39 is 13.8 Å². The summed E-state index contributed by atoms with van der Waals surface area (Å²) < 4.78 is 10.4. The maximum atomic E-state index is 10.4. The summed E-state index contributed by atoms with van der Waals surface area (Å²) in [5, 5.41) is 16.3. The number of carboxylic acid groups (broad SMARTS) is 1. The molecule has 0 heterocycles. The molecule has 0 aromatic carbocycles. The fraction of sp³-hybridized carbons (Fsp3) is 0.400. The van der Waals surface area contributed by atoms with Gasteiger partial charge in [-0.2, -0.15) is 0 Å². The summed E-state index contributed by atoms with van der Waals surface area (Å²) in [6.45, 7) is 0. The molecule has 4 nitrogen and oxygen atoms in total. The predicted octanol–water partition coefficient (Wildman–Crippen LogP) is 0.404. The lowest BCUT2D eigenvalue weighted by Gasteiger charge is -1.75. The molecule has 1 unspecified atom stereocenters. The average molecular weight is 163 g/mol. The topological polar surface area (TPSA) is 74.6 Å². The summed E-state index contributed by atoms with van der Waals surface area (Å²) in [6, 6.07) is 0. The van der Waals surface area contributed by atoms with Crippen LogP contribution in [0.1, 0.15) is 0 Å². The maximum absolute atomic E-state index is 10.4. The predicted molar refractivity (Wildman–Crippen MR) is 36.3 cm³/mol. The third kappa shape index (κ3) is 5.41. The molecule has 0 fully saturated rings. The lowest BCUT2D eigenvalue weighted by Crippen LogP contribution is -1.86. The van der Waals surface area contributed by atoms with Crippen molar-refractivity contribution in [2.45, 2.75) is 0 Å². The number of carboxylic acids is 1. The number of hydrogen-bond acceptors (Lipinski definition) is 3. The van der Waals surface area contributed by atoms with Gasteiger partial charge in [0.1, 0.15) is 0 Å². The van der Waals surface area contributed by atoms with E-state index in [4.69, 9.17) is 10.2 Å². The van der Waals surface area contributed by atoms with Crippen LogP contribution in [-0.2, 0) is 9.36 Å². The minimum Gasteiger partial charge on any atom is -0.478 e. The molecule has 56 valence electrons. The number of allylic oxidation sites excluding steroid dienone is 1. The Morgan fingerprint density at radius 1 is 1.60 bits per heavy atom. The van der Waals surface area contributed by atoms with Crippen LogP contribution < -0.4 is 0 Å². The molecule has 0 spiro atoms. The van der Waals surface area contributed by atoms with Crippen LogP contribution in [0.5, 0.6) is 0 Å². The minimum absolute atomic E-state index is 0.123. The highest BCUT2D eigenvalue weighted by Crippen LogP contribution is 2.16. The molecule has 2 N–H and O–H groups in total. The standard InChI is InChI=1S/C5H7O4P/c6-4-10(9)3-1-2-5(7)8/h1-2,6H,3-4H2/p+1. The average Bonchev–Trinajstić information content (AvgIpc) is 1.87. The first-order valence-corrected chi connectivity index (χ1v) is 4.22. The van der Waals surface area contributed by atoms with E-state index in [1.165, 1.54) is 6.08 Å². The van der Waals surface area contributed by atoms with Gasteiger partial charge in [0.25, 0.3) is 0 Å². The highest BCUT2D eigenvalue weighted by Gasteiger charge is 2.08. The van der Waals surface area contributed by atoms with Crippen LogP contribution in [0.2, 0.25) is 0 Å². The van der Waals surface area contributed by atoms with E-state index in [1.807, 2.05) is 0 Å². The van der Waals surface area contributed by atoms with Crippen LogP contribution in [0.4, 0.5) is 0 Å². The molecular formula is C5H8O4P+. The zero-order chi connectivity index (χ0) is 7.98. The van der Waals surface area contributed by atoms with Gasteiger partial charge in [-0.15, -0.1) is 0 Å². The Balaban J connectivity index is 3.53. The van der Waals surface area contributed by atoms with Gasteiger partial charge in [-0.05, 0) is 6.08 Å². The van der Waals surface area contributed by atoms with Crippen molar-refractivity contribution in [1.29, 1.82) is 0 Å². The van der Waals surface area contributed by atoms with Gasteiger partial charge in [0.05, 0.1) is 0 Å². The minimum atomic E-state index is -1.65. The lowest BCUT2D eigenvalue weighted by atomic mass is 10.5. The Kier molecular flexibility index (Phi) is 4.72. The second-order valence-corrected chi connectivity index (χ2v) is 3.16. The van der Waals surface area contributed by atoms with Crippen LogP contribution in [0.3, 0.4) is 0 Å². The van der Waals surface area contributed by atoms with Gasteiger partial charge in [0, 0.05) is 6.08 Å². The number of hydrogen-bond donors (Lipinski definition) is 2. The Morgan fingerprint density at radius 2 is 2.20 bits per heavy atom. The SMILES string of the molecule is O=C(O)C=CC[P+](=O)CO. The van der Waals surface area contributed by atoms with E-state index in [0.29, 0.717) is 0 Å². The molecule has 0 aromatic rings. The third-order valence-corrected chi connectivity index (χ3v) is 1.66. The molecule has 0 saturated heterocycles. The maximum Gasteiger partial charge on any atom is 0.370 e. The zero-order valence-corrected chi connectivity index (χ0v) is 6.12. The van der Waals surface area contributed by atoms with E-state index in [9.17, 15) is 9.36 Å². The third-order valence-electron chi connectivity index (χ3n) is 0.727. The largest absolute Gasteiger partial charge is 0.478 e. The van der Waals surface area contributed by atoms with Gasteiger partial charge in [-0.25, -0.2) is 4.79 Å². The van der Waals surface area contributed by atoms with Gasteiger partial charge in [-0.3, -0.25) is 0 Å². The van der Waals surface area contributed by atoms with E-state index in [0.717, 1.165) is 6.08 Å². The van der Waals surface area contributed by atoms with E-state index in [-0.39, 0.29) is 12.5 Å². The van der Waals surface area contributed by atoms with Gasteiger partial charge in [0.2, 0.25) is 6.35 Å². The normalized spacial score (nSPS) is 11.9. The van der Waals surface area contributed by atoms with Crippen molar-refractivity contribution < 1.29 is 19.6 Å². The van der Waals surface area contributed by atoms with Crippen molar-refractivity contribution in [1.82, 2.24) is 0 Å². The van der Waals surface area contributed by atoms with Crippen LogP contribution >= 0.6 is 7.80 Å². The Hall–Kier alpha value is -0.730.